The highest BCUT2D eigenvalue weighted by molar-refractivity contribution is 6.36. The number of nitrogens with one attached hydrogen (secondary N) is 1. The minimum atomic E-state index is -1.03. The second kappa shape index (κ2) is 8.76. The number of nitrogens with zero attached hydrogens (tertiary/aromatic N) is 4. The number of aliphatic hydroxyl groups is 3. The molecule has 0 saturated carbocycles. The fourth-order valence-corrected chi connectivity index (χ4v) is 2.66. The standard InChI is InChI=1S/C12H19Cl2N5O4/c13-1-7(2-14)17-23-6-8-3-15-18-19(8)4-9-11(21)12(22)10(5-20)16-9/h3,9-12,16,20-22H,1-2,4-6H2/t9-,10-,11-,12-/m1/s1. The van der Waals surface area contributed by atoms with Gasteiger partial charge in [-0.05, 0) is 0 Å². The lowest BCUT2D eigenvalue weighted by Gasteiger charge is -2.16. The topological polar surface area (TPSA) is 125 Å². The molecule has 1 aliphatic rings. The lowest BCUT2D eigenvalue weighted by Crippen LogP contribution is -2.38. The lowest BCUT2D eigenvalue weighted by molar-refractivity contribution is 0.0172. The number of halogens is 2. The van der Waals surface area contributed by atoms with Gasteiger partial charge < -0.3 is 25.5 Å². The molecular weight excluding hydrogens is 349 g/mol. The molecule has 11 heteroatoms. The first-order chi connectivity index (χ1) is 11.1. The molecule has 2 heterocycles. The summed E-state index contributed by atoms with van der Waals surface area (Å²) in [4.78, 5) is 5.16. The van der Waals surface area contributed by atoms with E-state index in [0.29, 0.717) is 11.4 Å². The molecule has 1 saturated heterocycles. The maximum absolute atomic E-state index is 9.99. The zero-order valence-electron chi connectivity index (χ0n) is 12.2. The maximum Gasteiger partial charge on any atom is 0.160 e. The van der Waals surface area contributed by atoms with Gasteiger partial charge in [0.2, 0.25) is 0 Å². The lowest BCUT2D eigenvalue weighted by atomic mass is 10.1. The van der Waals surface area contributed by atoms with Gasteiger partial charge in [0, 0.05) is 0 Å². The van der Waals surface area contributed by atoms with Crippen molar-refractivity contribution in [2.24, 2.45) is 5.16 Å². The molecule has 0 radical (unpaired) electrons. The predicted molar refractivity (Wildman–Crippen MR) is 83.5 cm³/mol. The Labute approximate surface area is 142 Å². The van der Waals surface area contributed by atoms with Crippen LogP contribution in [0.15, 0.2) is 11.4 Å². The first-order valence-electron chi connectivity index (χ1n) is 7.00. The molecule has 0 unspecified atom stereocenters. The summed E-state index contributed by atoms with van der Waals surface area (Å²) in [5.41, 5.74) is 1.14. The van der Waals surface area contributed by atoms with Crippen LogP contribution in [0.4, 0.5) is 0 Å². The molecule has 4 atom stereocenters. The molecule has 23 heavy (non-hydrogen) atoms. The van der Waals surface area contributed by atoms with Crippen LogP contribution >= 0.6 is 23.2 Å². The average molecular weight is 368 g/mol. The Kier molecular flexibility index (Phi) is 7.00. The second-order valence-corrected chi connectivity index (χ2v) is 5.68. The predicted octanol–water partition coefficient (Wildman–Crippen LogP) is -1.32. The summed E-state index contributed by atoms with van der Waals surface area (Å²) in [7, 11) is 0. The summed E-state index contributed by atoms with van der Waals surface area (Å²) >= 11 is 11.2. The van der Waals surface area contributed by atoms with E-state index in [1.807, 2.05) is 0 Å². The number of rotatable bonds is 8. The highest BCUT2D eigenvalue weighted by atomic mass is 35.5. The highest BCUT2D eigenvalue weighted by Crippen LogP contribution is 2.16. The summed E-state index contributed by atoms with van der Waals surface area (Å²) in [6.45, 7) is 0.102. The molecule has 2 rings (SSSR count). The normalized spacial score (nSPS) is 27.2. The molecule has 0 aliphatic carbocycles. The molecule has 130 valence electrons. The van der Waals surface area contributed by atoms with Crippen molar-refractivity contribution in [3.05, 3.63) is 11.9 Å². The Balaban J connectivity index is 1.95. The van der Waals surface area contributed by atoms with Crippen molar-refractivity contribution in [1.29, 1.82) is 0 Å². The Morgan fingerprint density at radius 3 is 2.61 bits per heavy atom. The average Bonchev–Trinajstić information content (AvgIpc) is 3.11. The molecule has 1 aromatic rings. The van der Waals surface area contributed by atoms with Gasteiger partial charge in [0.25, 0.3) is 0 Å². The van der Waals surface area contributed by atoms with Crippen molar-refractivity contribution < 1.29 is 20.2 Å². The van der Waals surface area contributed by atoms with E-state index in [9.17, 15) is 10.2 Å². The summed E-state index contributed by atoms with van der Waals surface area (Å²) in [6, 6.07) is -1.04. The maximum atomic E-state index is 9.99. The van der Waals surface area contributed by atoms with Gasteiger partial charge >= 0.3 is 0 Å². The smallest absolute Gasteiger partial charge is 0.160 e. The van der Waals surface area contributed by atoms with E-state index in [-0.39, 0.29) is 31.5 Å². The number of hydrogen-bond donors (Lipinski definition) is 4. The quantitative estimate of drug-likeness (QED) is 0.255. The number of alkyl halides is 2. The van der Waals surface area contributed by atoms with E-state index in [1.165, 1.54) is 10.9 Å². The van der Waals surface area contributed by atoms with E-state index in [1.54, 1.807) is 0 Å². The third-order valence-electron chi connectivity index (χ3n) is 3.58. The molecule has 1 fully saturated rings. The molecule has 0 amide bonds. The van der Waals surface area contributed by atoms with Gasteiger partial charge in [0.05, 0.1) is 66.8 Å². The summed E-state index contributed by atoms with van der Waals surface area (Å²) in [5.74, 6) is 0.360. The van der Waals surface area contributed by atoms with Crippen LogP contribution in [0.25, 0.3) is 0 Å². The van der Waals surface area contributed by atoms with Crippen molar-refractivity contribution in [1.82, 2.24) is 20.3 Å². The fourth-order valence-electron chi connectivity index (χ4n) is 2.27. The van der Waals surface area contributed by atoms with Gasteiger partial charge in [-0.3, -0.25) is 0 Å². The van der Waals surface area contributed by atoms with Crippen LogP contribution in [0.1, 0.15) is 5.69 Å². The number of aliphatic hydroxyl groups excluding tert-OH is 3. The molecule has 0 bridgehead atoms. The number of oxime groups is 1. The summed E-state index contributed by atoms with van der Waals surface area (Å²) < 4.78 is 1.53. The molecule has 1 aliphatic heterocycles. The van der Waals surface area contributed by atoms with Crippen molar-refractivity contribution in [2.75, 3.05) is 18.4 Å². The van der Waals surface area contributed by atoms with Crippen LogP contribution in [0, 0.1) is 0 Å². The van der Waals surface area contributed by atoms with Gasteiger partial charge in [-0.15, -0.1) is 28.3 Å². The zero-order valence-corrected chi connectivity index (χ0v) is 13.7. The van der Waals surface area contributed by atoms with Crippen molar-refractivity contribution in [3.8, 4) is 0 Å². The van der Waals surface area contributed by atoms with Gasteiger partial charge in [0.15, 0.2) is 6.61 Å². The Bertz CT molecular complexity index is 523. The van der Waals surface area contributed by atoms with Crippen molar-refractivity contribution in [3.63, 3.8) is 0 Å². The van der Waals surface area contributed by atoms with E-state index < -0.39 is 24.3 Å². The van der Waals surface area contributed by atoms with E-state index in [0.717, 1.165) is 0 Å². The minimum Gasteiger partial charge on any atom is -0.395 e. The van der Waals surface area contributed by atoms with Gasteiger partial charge in [-0.2, -0.15) is 0 Å². The minimum absolute atomic E-state index is 0.110. The van der Waals surface area contributed by atoms with Crippen molar-refractivity contribution >= 4 is 28.9 Å². The van der Waals surface area contributed by atoms with E-state index in [2.05, 4.69) is 20.8 Å². The number of aromatic nitrogens is 3. The van der Waals surface area contributed by atoms with Gasteiger partial charge in [-0.25, -0.2) is 4.68 Å². The molecule has 1 aromatic heterocycles. The van der Waals surface area contributed by atoms with E-state index in [4.69, 9.17) is 33.1 Å². The molecule has 9 nitrogen and oxygen atoms in total. The Hall–Kier alpha value is -0.970. The Morgan fingerprint density at radius 2 is 2.00 bits per heavy atom. The monoisotopic (exact) mass is 367 g/mol. The first-order valence-corrected chi connectivity index (χ1v) is 8.07. The van der Waals surface area contributed by atoms with Crippen LogP contribution in [-0.2, 0) is 18.0 Å². The van der Waals surface area contributed by atoms with Crippen LogP contribution in [0.3, 0.4) is 0 Å². The first kappa shape index (κ1) is 18.4. The third kappa shape index (κ3) is 4.52. The SMILES string of the molecule is OC[C@H]1N[C@H](Cn2nncc2CON=C(CCl)CCl)[C@@H](O)[C@@H]1O. The van der Waals surface area contributed by atoms with Crippen LogP contribution < -0.4 is 5.32 Å². The highest BCUT2D eigenvalue weighted by Gasteiger charge is 2.40. The molecular formula is C12H19Cl2N5O4. The van der Waals surface area contributed by atoms with Gasteiger partial charge in [0.1, 0.15) is 0 Å². The Morgan fingerprint density at radius 1 is 1.30 bits per heavy atom. The molecule has 0 aromatic carbocycles. The molecule has 4 N–H and O–H groups in total. The van der Waals surface area contributed by atoms with Crippen LogP contribution in [-0.4, -0.2) is 78.7 Å². The third-order valence-corrected chi connectivity index (χ3v) is 4.20. The number of hydrogen-bond acceptors (Lipinski definition) is 8. The van der Waals surface area contributed by atoms with E-state index >= 15 is 0 Å². The fraction of sp³-hybridized carbons (Fsp3) is 0.750. The summed E-state index contributed by atoms with van der Waals surface area (Å²) in [6.07, 6.45) is -0.534. The van der Waals surface area contributed by atoms with Crippen LogP contribution in [0.5, 0.6) is 0 Å². The van der Waals surface area contributed by atoms with Crippen molar-refractivity contribution in [2.45, 2.75) is 37.4 Å². The molecule has 0 spiro atoms. The second-order valence-electron chi connectivity index (χ2n) is 5.15. The van der Waals surface area contributed by atoms with Gasteiger partial charge in [-0.1, -0.05) is 10.4 Å². The zero-order chi connectivity index (χ0) is 16.8. The largest absolute Gasteiger partial charge is 0.395 e. The van der Waals surface area contributed by atoms with Crippen LogP contribution in [0.2, 0.25) is 0 Å². The summed E-state index contributed by atoms with van der Waals surface area (Å²) in [5, 5.41) is 43.4.